The average molecular weight is 272 g/mol. The van der Waals surface area contributed by atoms with Crippen LogP contribution in [0.4, 0.5) is 0 Å². The van der Waals surface area contributed by atoms with Crippen molar-refractivity contribution in [1.82, 2.24) is 5.32 Å². The number of nitrogens with one attached hydrogen (secondary N) is 1. The summed E-state index contributed by atoms with van der Waals surface area (Å²) >= 11 is 0. The second-order valence-electron chi connectivity index (χ2n) is 4.01. The molecule has 15 heavy (non-hydrogen) atoms. The van der Waals surface area contributed by atoms with Gasteiger partial charge in [-0.15, -0.1) is 17.0 Å². The minimum Gasteiger partial charge on any atom is -0.508 e. The van der Waals surface area contributed by atoms with Gasteiger partial charge in [-0.05, 0) is 49.1 Å². The number of halogens is 1. The van der Waals surface area contributed by atoms with Crippen LogP contribution in [0.25, 0.3) is 0 Å². The standard InChI is InChI=1S/C12H17NO.BrH/c1-2-5-13-11-6-9-3-4-12(14)8-10(9)7-11;/h3-4,8,11,13-14H,2,5-7H2,1H3;1H. The van der Waals surface area contributed by atoms with E-state index in [9.17, 15) is 5.11 Å². The first-order chi connectivity index (χ1) is 6.79. The number of fused-ring (bicyclic) bond motifs is 1. The van der Waals surface area contributed by atoms with E-state index < -0.39 is 0 Å². The highest BCUT2D eigenvalue weighted by molar-refractivity contribution is 8.93. The van der Waals surface area contributed by atoms with E-state index in [0.717, 1.165) is 19.4 Å². The van der Waals surface area contributed by atoms with Gasteiger partial charge in [-0.2, -0.15) is 0 Å². The molecule has 1 aliphatic carbocycles. The Kier molecular flexibility index (Phi) is 4.61. The third kappa shape index (κ3) is 2.95. The fourth-order valence-electron chi connectivity index (χ4n) is 2.10. The fraction of sp³-hybridized carbons (Fsp3) is 0.500. The highest BCUT2D eigenvalue weighted by Crippen LogP contribution is 2.25. The summed E-state index contributed by atoms with van der Waals surface area (Å²) in [4.78, 5) is 0. The van der Waals surface area contributed by atoms with Gasteiger partial charge < -0.3 is 10.4 Å². The zero-order valence-electron chi connectivity index (χ0n) is 8.99. The van der Waals surface area contributed by atoms with Crippen molar-refractivity contribution in [3.05, 3.63) is 29.3 Å². The zero-order valence-corrected chi connectivity index (χ0v) is 10.7. The summed E-state index contributed by atoms with van der Waals surface area (Å²) in [5.74, 6) is 0.389. The van der Waals surface area contributed by atoms with Crippen molar-refractivity contribution in [1.29, 1.82) is 0 Å². The van der Waals surface area contributed by atoms with Crippen molar-refractivity contribution in [3.8, 4) is 5.75 Å². The quantitative estimate of drug-likeness (QED) is 0.885. The van der Waals surface area contributed by atoms with Crippen LogP contribution in [0.1, 0.15) is 24.5 Å². The van der Waals surface area contributed by atoms with E-state index in [0.29, 0.717) is 11.8 Å². The normalized spacial score (nSPS) is 18.3. The van der Waals surface area contributed by atoms with E-state index >= 15 is 0 Å². The van der Waals surface area contributed by atoms with Crippen LogP contribution in [-0.2, 0) is 12.8 Å². The molecule has 1 aromatic carbocycles. The van der Waals surface area contributed by atoms with Gasteiger partial charge in [0.1, 0.15) is 5.75 Å². The Balaban J connectivity index is 0.00000112. The van der Waals surface area contributed by atoms with Gasteiger partial charge in [-0.3, -0.25) is 0 Å². The van der Waals surface area contributed by atoms with Crippen molar-refractivity contribution in [2.75, 3.05) is 6.54 Å². The molecular formula is C12H18BrNO. The molecule has 0 fully saturated rings. The van der Waals surface area contributed by atoms with Gasteiger partial charge in [0.25, 0.3) is 0 Å². The Morgan fingerprint density at radius 3 is 2.80 bits per heavy atom. The zero-order chi connectivity index (χ0) is 9.97. The van der Waals surface area contributed by atoms with Gasteiger partial charge in [-0.25, -0.2) is 0 Å². The molecule has 1 atom stereocenters. The molecule has 0 aliphatic heterocycles. The Morgan fingerprint density at radius 1 is 1.33 bits per heavy atom. The Morgan fingerprint density at radius 2 is 2.07 bits per heavy atom. The summed E-state index contributed by atoms with van der Waals surface area (Å²) in [7, 11) is 0. The van der Waals surface area contributed by atoms with Gasteiger partial charge in [0.2, 0.25) is 0 Å². The van der Waals surface area contributed by atoms with Gasteiger partial charge in [0, 0.05) is 6.04 Å². The maximum Gasteiger partial charge on any atom is 0.115 e. The minimum absolute atomic E-state index is 0. The lowest BCUT2D eigenvalue weighted by Gasteiger charge is -2.09. The molecule has 0 radical (unpaired) electrons. The van der Waals surface area contributed by atoms with E-state index in [-0.39, 0.29) is 17.0 Å². The van der Waals surface area contributed by atoms with Gasteiger partial charge in [0.15, 0.2) is 0 Å². The van der Waals surface area contributed by atoms with Crippen LogP contribution in [0.3, 0.4) is 0 Å². The predicted octanol–water partition coefficient (Wildman–Crippen LogP) is 2.44. The summed E-state index contributed by atoms with van der Waals surface area (Å²) in [5.41, 5.74) is 2.69. The molecule has 0 saturated heterocycles. The van der Waals surface area contributed by atoms with Crippen LogP contribution in [0.15, 0.2) is 18.2 Å². The van der Waals surface area contributed by atoms with Crippen LogP contribution in [0, 0.1) is 0 Å². The molecule has 0 heterocycles. The maximum absolute atomic E-state index is 9.34. The molecule has 2 rings (SSSR count). The summed E-state index contributed by atoms with van der Waals surface area (Å²) in [6.07, 6.45) is 3.34. The monoisotopic (exact) mass is 271 g/mol. The molecule has 0 amide bonds. The molecule has 1 aliphatic rings. The smallest absolute Gasteiger partial charge is 0.115 e. The molecule has 2 N–H and O–H groups in total. The Bertz CT molecular complexity index is 327. The largest absolute Gasteiger partial charge is 0.508 e. The van der Waals surface area contributed by atoms with Crippen molar-refractivity contribution in [2.24, 2.45) is 0 Å². The molecule has 0 aromatic heterocycles. The third-order valence-electron chi connectivity index (χ3n) is 2.81. The first-order valence-electron chi connectivity index (χ1n) is 5.33. The summed E-state index contributed by atoms with van der Waals surface area (Å²) < 4.78 is 0. The SMILES string of the molecule is Br.CCCNC1Cc2ccc(O)cc2C1. The second-order valence-corrected chi connectivity index (χ2v) is 4.01. The summed E-state index contributed by atoms with van der Waals surface area (Å²) in [6, 6.07) is 6.29. The Hall–Kier alpha value is -0.540. The third-order valence-corrected chi connectivity index (χ3v) is 2.81. The minimum atomic E-state index is 0. The lowest BCUT2D eigenvalue weighted by atomic mass is 10.1. The van der Waals surface area contributed by atoms with Crippen LogP contribution < -0.4 is 5.32 Å². The topological polar surface area (TPSA) is 32.3 Å². The number of benzene rings is 1. The van der Waals surface area contributed by atoms with Crippen molar-refractivity contribution < 1.29 is 5.11 Å². The molecule has 1 aromatic rings. The average Bonchev–Trinajstić information content (AvgIpc) is 2.56. The highest BCUT2D eigenvalue weighted by atomic mass is 79.9. The Labute approximate surface area is 101 Å². The van der Waals surface area contributed by atoms with Crippen LogP contribution in [0.2, 0.25) is 0 Å². The van der Waals surface area contributed by atoms with E-state index in [1.54, 1.807) is 6.07 Å². The number of rotatable bonds is 3. The summed E-state index contributed by atoms with van der Waals surface area (Å²) in [5, 5.41) is 12.9. The highest BCUT2D eigenvalue weighted by Gasteiger charge is 2.20. The molecule has 0 bridgehead atoms. The maximum atomic E-state index is 9.34. The van der Waals surface area contributed by atoms with E-state index in [2.05, 4.69) is 12.2 Å². The number of hydrogen-bond donors (Lipinski definition) is 2. The lowest BCUT2D eigenvalue weighted by Crippen LogP contribution is -2.29. The van der Waals surface area contributed by atoms with Crippen LogP contribution >= 0.6 is 17.0 Å². The first-order valence-corrected chi connectivity index (χ1v) is 5.33. The molecule has 84 valence electrons. The van der Waals surface area contributed by atoms with Gasteiger partial charge >= 0.3 is 0 Å². The fourth-order valence-corrected chi connectivity index (χ4v) is 2.10. The van der Waals surface area contributed by atoms with E-state index in [4.69, 9.17) is 0 Å². The van der Waals surface area contributed by atoms with E-state index in [1.165, 1.54) is 17.5 Å². The van der Waals surface area contributed by atoms with Gasteiger partial charge in [-0.1, -0.05) is 13.0 Å². The van der Waals surface area contributed by atoms with Crippen molar-refractivity contribution in [3.63, 3.8) is 0 Å². The molecule has 0 spiro atoms. The predicted molar refractivity (Wildman–Crippen MR) is 67.9 cm³/mol. The number of phenols is 1. The molecule has 1 unspecified atom stereocenters. The molecule has 0 saturated carbocycles. The van der Waals surface area contributed by atoms with Gasteiger partial charge in [0.05, 0.1) is 0 Å². The number of hydrogen-bond acceptors (Lipinski definition) is 2. The van der Waals surface area contributed by atoms with Crippen LogP contribution in [0.5, 0.6) is 5.75 Å². The summed E-state index contributed by atoms with van der Waals surface area (Å²) in [6.45, 7) is 3.27. The molecule has 2 nitrogen and oxygen atoms in total. The number of aromatic hydroxyl groups is 1. The number of phenolic OH excluding ortho intramolecular Hbond substituents is 1. The molecule has 3 heteroatoms. The van der Waals surface area contributed by atoms with Crippen molar-refractivity contribution in [2.45, 2.75) is 32.2 Å². The lowest BCUT2D eigenvalue weighted by molar-refractivity contribution is 0.474. The molecular weight excluding hydrogens is 254 g/mol. The van der Waals surface area contributed by atoms with E-state index in [1.807, 2.05) is 12.1 Å². The van der Waals surface area contributed by atoms with Crippen molar-refractivity contribution >= 4 is 17.0 Å². The first kappa shape index (κ1) is 12.5. The second kappa shape index (κ2) is 5.52. The van der Waals surface area contributed by atoms with Crippen LogP contribution in [-0.4, -0.2) is 17.7 Å².